The molecular weight excluding hydrogens is 156 g/mol. The van der Waals surface area contributed by atoms with Crippen molar-refractivity contribution in [2.75, 3.05) is 0 Å². The standard InChI is InChI=1S/C9H16OS/c1-9(2,10)7-5-3-4-6-8(7)11/h4,6-8,10-11H,3,5H2,1-2H3. The second-order valence-corrected chi connectivity index (χ2v) is 4.35. The Kier molecular flexibility index (Phi) is 2.66. The van der Waals surface area contributed by atoms with Crippen molar-refractivity contribution < 1.29 is 5.11 Å². The molecule has 11 heavy (non-hydrogen) atoms. The molecule has 0 aromatic heterocycles. The van der Waals surface area contributed by atoms with E-state index in [1.54, 1.807) is 0 Å². The van der Waals surface area contributed by atoms with Gasteiger partial charge in [-0.05, 0) is 26.7 Å². The molecule has 1 aliphatic rings. The van der Waals surface area contributed by atoms with Crippen LogP contribution in [0.5, 0.6) is 0 Å². The summed E-state index contributed by atoms with van der Waals surface area (Å²) in [7, 11) is 0. The van der Waals surface area contributed by atoms with Crippen molar-refractivity contribution >= 4 is 12.6 Å². The van der Waals surface area contributed by atoms with E-state index in [2.05, 4.69) is 24.8 Å². The molecule has 1 aliphatic carbocycles. The first kappa shape index (κ1) is 9.14. The van der Waals surface area contributed by atoms with E-state index < -0.39 is 5.60 Å². The van der Waals surface area contributed by atoms with E-state index >= 15 is 0 Å². The largest absolute Gasteiger partial charge is 0.390 e. The number of rotatable bonds is 1. The third-order valence-electron chi connectivity index (χ3n) is 2.30. The van der Waals surface area contributed by atoms with Gasteiger partial charge in [0.25, 0.3) is 0 Å². The van der Waals surface area contributed by atoms with Crippen molar-refractivity contribution in [3.05, 3.63) is 12.2 Å². The van der Waals surface area contributed by atoms with E-state index in [0.717, 1.165) is 12.8 Å². The third kappa shape index (κ3) is 2.24. The van der Waals surface area contributed by atoms with Crippen LogP contribution in [0.4, 0.5) is 0 Å². The lowest BCUT2D eigenvalue weighted by Gasteiger charge is -2.34. The Labute approximate surface area is 73.9 Å². The summed E-state index contributed by atoms with van der Waals surface area (Å²) in [4.78, 5) is 0. The van der Waals surface area contributed by atoms with Gasteiger partial charge >= 0.3 is 0 Å². The minimum Gasteiger partial charge on any atom is -0.390 e. The highest BCUT2D eigenvalue weighted by atomic mass is 32.1. The van der Waals surface area contributed by atoms with Crippen molar-refractivity contribution in [2.24, 2.45) is 5.92 Å². The van der Waals surface area contributed by atoms with Crippen molar-refractivity contribution in [1.82, 2.24) is 0 Å². The van der Waals surface area contributed by atoms with Gasteiger partial charge in [-0.15, -0.1) is 0 Å². The molecule has 0 aromatic carbocycles. The number of hydrogen-bond acceptors (Lipinski definition) is 2. The van der Waals surface area contributed by atoms with E-state index in [9.17, 15) is 5.11 Å². The third-order valence-corrected chi connectivity index (χ3v) is 2.83. The predicted molar refractivity (Wildman–Crippen MR) is 50.9 cm³/mol. The van der Waals surface area contributed by atoms with Crippen LogP contribution in [0.15, 0.2) is 12.2 Å². The first-order valence-corrected chi connectivity index (χ1v) is 4.60. The van der Waals surface area contributed by atoms with Gasteiger partial charge in [-0.1, -0.05) is 12.2 Å². The number of hydrogen-bond donors (Lipinski definition) is 2. The van der Waals surface area contributed by atoms with E-state index in [-0.39, 0.29) is 5.25 Å². The summed E-state index contributed by atoms with van der Waals surface area (Å²) in [6.45, 7) is 3.72. The van der Waals surface area contributed by atoms with Gasteiger partial charge in [-0.3, -0.25) is 0 Å². The van der Waals surface area contributed by atoms with E-state index in [0.29, 0.717) is 5.92 Å². The first-order chi connectivity index (χ1) is 5.02. The SMILES string of the molecule is CC(C)(O)C1CCC=CC1S. The molecule has 0 spiro atoms. The molecule has 2 atom stereocenters. The Morgan fingerprint density at radius 3 is 2.55 bits per heavy atom. The van der Waals surface area contributed by atoms with Crippen LogP contribution in [0.2, 0.25) is 0 Å². The summed E-state index contributed by atoms with van der Waals surface area (Å²) in [5.74, 6) is 0.302. The molecule has 0 heterocycles. The topological polar surface area (TPSA) is 20.2 Å². The molecule has 1 rings (SSSR count). The van der Waals surface area contributed by atoms with Crippen LogP contribution in [0.3, 0.4) is 0 Å². The minimum absolute atomic E-state index is 0.226. The Balaban J connectivity index is 2.65. The summed E-state index contributed by atoms with van der Waals surface area (Å²) in [6, 6.07) is 0. The maximum absolute atomic E-state index is 9.73. The average Bonchev–Trinajstić information content (AvgIpc) is 1.86. The molecule has 0 bridgehead atoms. The molecule has 0 fully saturated rings. The summed E-state index contributed by atoms with van der Waals surface area (Å²) in [5, 5.41) is 9.96. The fraction of sp³-hybridized carbons (Fsp3) is 0.778. The maximum atomic E-state index is 9.73. The molecule has 0 saturated heterocycles. The van der Waals surface area contributed by atoms with E-state index in [1.165, 1.54) is 0 Å². The Hall–Kier alpha value is 0.0500. The highest BCUT2D eigenvalue weighted by molar-refractivity contribution is 7.81. The Morgan fingerprint density at radius 1 is 1.55 bits per heavy atom. The van der Waals surface area contributed by atoms with Gasteiger partial charge < -0.3 is 5.11 Å². The molecule has 2 heteroatoms. The maximum Gasteiger partial charge on any atom is 0.0633 e. The lowest BCUT2D eigenvalue weighted by atomic mass is 9.81. The Bertz CT molecular complexity index is 157. The van der Waals surface area contributed by atoms with Crippen molar-refractivity contribution in [1.29, 1.82) is 0 Å². The van der Waals surface area contributed by atoms with Gasteiger partial charge in [-0.2, -0.15) is 12.6 Å². The van der Waals surface area contributed by atoms with Crippen LogP contribution in [0.1, 0.15) is 26.7 Å². The summed E-state index contributed by atoms with van der Waals surface area (Å²) >= 11 is 4.40. The lowest BCUT2D eigenvalue weighted by Crippen LogP contribution is -2.37. The first-order valence-electron chi connectivity index (χ1n) is 4.09. The number of aliphatic hydroxyl groups is 1. The zero-order chi connectivity index (χ0) is 8.48. The fourth-order valence-electron chi connectivity index (χ4n) is 1.59. The van der Waals surface area contributed by atoms with Crippen LogP contribution in [0.25, 0.3) is 0 Å². The zero-order valence-electron chi connectivity index (χ0n) is 7.12. The van der Waals surface area contributed by atoms with Gasteiger partial charge in [0.15, 0.2) is 0 Å². The molecule has 1 N–H and O–H groups in total. The molecule has 64 valence electrons. The molecule has 2 unspecified atom stereocenters. The average molecular weight is 172 g/mol. The summed E-state index contributed by atoms with van der Waals surface area (Å²) < 4.78 is 0. The monoisotopic (exact) mass is 172 g/mol. The van der Waals surface area contributed by atoms with Crippen molar-refractivity contribution in [2.45, 2.75) is 37.5 Å². The molecular formula is C9H16OS. The smallest absolute Gasteiger partial charge is 0.0633 e. The highest BCUT2D eigenvalue weighted by Crippen LogP contribution is 2.31. The van der Waals surface area contributed by atoms with E-state index in [1.807, 2.05) is 13.8 Å². The lowest BCUT2D eigenvalue weighted by molar-refractivity contribution is 0.0158. The van der Waals surface area contributed by atoms with Crippen LogP contribution in [0, 0.1) is 5.92 Å². The second-order valence-electron chi connectivity index (χ2n) is 3.76. The summed E-state index contributed by atoms with van der Waals surface area (Å²) in [5.41, 5.74) is -0.586. The molecule has 0 aromatic rings. The second kappa shape index (κ2) is 3.20. The number of thiol groups is 1. The molecule has 0 saturated carbocycles. The van der Waals surface area contributed by atoms with Gasteiger partial charge in [0.05, 0.1) is 5.60 Å². The van der Waals surface area contributed by atoms with Crippen molar-refractivity contribution in [3.63, 3.8) is 0 Å². The van der Waals surface area contributed by atoms with Crippen LogP contribution < -0.4 is 0 Å². The van der Waals surface area contributed by atoms with Crippen LogP contribution >= 0.6 is 12.6 Å². The zero-order valence-corrected chi connectivity index (χ0v) is 8.01. The quantitative estimate of drug-likeness (QED) is 0.458. The molecule has 0 aliphatic heterocycles. The normalized spacial score (nSPS) is 32.4. The molecule has 0 amide bonds. The number of allylic oxidation sites excluding steroid dienone is 1. The summed E-state index contributed by atoms with van der Waals surface area (Å²) in [6.07, 6.45) is 6.34. The van der Waals surface area contributed by atoms with Crippen molar-refractivity contribution in [3.8, 4) is 0 Å². The van der Waals surface area contributed by atoms with Gasteiger partial charge in [0, 0.05) is 11.2 Å². The van der Waals surface area contributed by atoms with Gasteiger partial charge in [-0.25, -0.2) is 0 Å². The van der Waals surface area contributed by atoms with Gasteiger partial charge in [0.2, 0.25) is 0 Å². The Morgan fingerprint density at radius 2 is 2.18 bits per heavy atom. The van der Waals surface area contributed by atoms with Crippen LogP contribution in [-0.4, -0.2) is 16.0 Å². The minimum atomic E-state index is -0.586. The fourth-order valence-corrected chi connectivity index (χ4v) is 2.22. The van der Waals surface area contributed by atoms with Crippen LogP contribution in [-0.2, 0) is 0 Å². The molecule has 0 radical (unpaired) electrons. The molecule has 1 nitrogen and oxygen atoms in total. The van der Waals surface area contributed by atoms with Gasteiger partial charge in [0.1, 0.15) is 0 Å². The van der Waals surface area contributed by atoms with E-state index in [4.69, 9.17) is 0 Å². The predicted octanol–water partition coefficient (Wildman–Crippen LogP) is 2.02. The highest BCUT2D eigenvalue weighted by Gasteiger charge is 2.31.